The van der Waals surface area contributed by atoms with E-state index in [9.17, 15) is 47.9 Å². The number of benzene rings is 2. The van der Waals surface area contributed by atoms with Crippen molar-refractivity contribution in [3.8, 4) is 17.0 Å². The highest BCUT2D eigenvalue weighted by Crippen LogP contribution is 2.38. The summed E-state index contributed by atoms with van der Waals surface area (Å²) in [4.78, 5) is 31.3. The first-order valence-corrected chi connectivity index (χ1v) is 16.1. The molecule has 2 heterocycles. The van der Waals surface area contributed by atoms with Crippen LogP contribution in [-0.4, -0.2) is 97.4 Å². The van der Waals surface area contributed by atoms with Crippen LogP contribution >= 0.6 is 0 Å². The Kier molecular flexibility index (Phi) is 12.8. The van der Waals surface area contributed by atoms with Gasteiger partial charge in [0.05, 0.1) is 10.6 Å². The summed E-state index contributed by atoms with van der Waals surface area (Å²) >= 11 is 0. The number of hydrogen-bond donors (Lipinski definition) is 4. The number of nitrogens with two attached hydrogens (primary N) is 1. The molecule has 0 spiro atoms. The Morgan fingerprint density at radius 3 is 1.96 bits per heavy atom. The number of carboxylic acids is 2. The molecule has 1 saturated heterocycles. The standard InChI is InChI=1S/C25H27F3N6O3S.2C2HF3O2/c1-33-11-2-12-34(14-13-33)23-21-9-3-16-15-17(4-10-20(16)22(21)30-24(29)31-23)32-38(35,36)19-7-5-18(6-8-19)37-25(26,27)28;2*3-2(4,5)1(6)7/h4-8,10,15,32H,2-3,9,11-14H2,1H3,(H2,29,30,31);2*(H,6,7). The molecular weight excluding hydrogens is 747 g/mol. The maximum atomic E-state index is 12.9. The Bertz CT molecular complexity index is 1830. The molecule has 5 N–H and O–H groups in total. The van der Waals surface area contributed by atoms with E-state index in [1.54, 1.807) is 18.2 Å². The quantitative estimate of drug-likeness (QED) is 0.256. The van der Waals surface area contributed by atoms with E-state index >= 15 is 0 Å². The van der Waals surface area contributed by atoms with E-state index in [4.69, 9.17) is 25.5 Å². The number of likely N-dealkylation sites (N-methyl/N-ethyl adjacent to an activating group) is 1. The lowest BCUT2D eigenvalue weighted by Gasteiger charge is -2.28. The summed E-state index contributed by atoms with van der Waals surface area (Å²) in [5, 5.41) is 14.2. The van der Waals surface area contributed by atoms with Crippen molar-refractivity contribution in [2.45, 2.75) is 42.9 Å². The Hall–Kier alpha value is -5.06. The number of sulfonamides is 1. The van der Waals surface area contributed by atoms with Gasteiger partial charge in [-0.1, -0.05) is 6.07 Å². The van der Waals surface area contributed by atoms with Crippen molar-refractivity contribution in [3.63, 3.8) is 0 Å². The van der Waals surface area contributed by atoms with Crippen molar-refractivity contribution in [3.05, 3.63) is 53.6 Å². The number of carboxylic acid groups (broad SMARTS) is 2. The summed E-state index contributed by atoms with van der Waals surface area (Å²) in [5.41, 5.74) is 10.0. The van der Waals surface area contributed by atoms with Crippen LogP contribution in [0.2, 0.25) is 0 Å². The molecule has 5 rings (SSSR count). The lowest BCUT2D eigenvalue weighted by Crippen LogP contribution is -2.31. The Morgan fingerprint density at radius 1 is 0.846 bits per heavy atom. The fourth-order valence-corrected chi connectivity index (χ4v) is 5.90. The van der Waals surface area contributed by atoms with Crippen LogP contribution in [0.3, 0.4) is 0 Å². The maximum absolute atomic E-state index is 12.9. The Balaban J connectivity index is 0.000000441. The predicted octanol–water partition coefficient (Wildman–Crippen LogP) is 4.93. The number of anilines is 3. The minimum absolute atomic E-state index is 0.187. The van der Waals surface area contributed by atoms with Gasteiger partial charge in [-0.25, -0.2) is 23.0 Å². The molecule has 0 atom stereocenters. The summed E-state index contributed by atoms with van der Waals surface area (Å²) < 4.78 is 133. The van der Waals surface area contributed by atoms with E-state index in [2.05, 4.69) is 36.3 Å². The Labute approximate surface area is 288 Å². The first kappa shape index (κ1) is 41.4. The minimum Gasteiger partial charge on any atom is -0.475 e. The average molecular weight is 777 g/mol. The minimum atomic E-state index is -5.08. The maximum Gasteiger partial charge on any atom is 0.573 e. The number of rotatable bonds is 5. The van der Waals surface area contributed by atoms with E-state index in [0.29, 0.717) is 18.5 Å². The van der Waals surface area contributed by atoms with Gasteiger partial charge in [-0.05, 0) is 74.8 Å². The first-order valence-electron chi connectivity index (χ1n) is 14.6. The van der Waals surface area contributed by atoms with Gasteiger partial charge in [-0.3, -0.25) is 4.72 Å². The van der Waals surface area contributed by atoms with Crippen molar-refractivity contribution < 1.29 is 72.5 Å². The predicted molar refractivity (Wildman–Crippen MR) is 165 cm³/mol. The van der Waals surface area contributed by atoms with Crippen LogP contribution in [0.15, 0.2) is 47.4 Å². The summed E-state index contributed by atoms with van der Waals surface area (Å²) in [6.07, 6.45) is -12.7. The van der Waals surface area contributed by atoms with Crippen molar-refractivity contribution in [2.75, 3.05) is 48.6 Å². The molecule has 2 aliphatic rings. The molecule has 13 nitrogen and oxygen atoms in total. The average Bonchev–Trinajstić information content (AvgIpc) is 3.23. The summed E-state index contributed by atoms with van der Waals surface area (Å²) in [7, 11) is -1.94. The number of aliphatic carboxylic acids is 2. The van der Waals surface area contributed by atoms with Crippen LogP contribution in [0, 0.1) is 0 Å². The molecule has 0 radical (unpaired) electrons. The topological polar surface area (TPSA) is 188 Å². The highest BCUT2D eigenvalue weighted by Gasteiger charge is 2.39. The number of nitrogens with zero attached hydrogens (tertiary/aromatic N) is 4. The van der Waals surface area contributed by atoms with Crippen LogP contribution in [0.4, 0.5) is 57.0 Å². The van der Waals surface area contributed by atoms with Crippen LogP contribution in [0.1, 0.15) is 17.5 Å². The van der Waals surface area contributed by atoms with Gasteiger partial charge in [0.15, 0.2) is 0 Å². The summed E-state index contributed by atoms with van der Waals surface area (Å²) in [6.45, 7) is 3.67. The van der Waals surface area contributed by atoms with E-state index in [1.165, 1.54) is 0 Å². The lowest BCUT2D eigenvalue weighted by atomic mass is 9.88. The van der Waals surface area contributed by atoms with Crippen molar-refractivity contribution >= 4 is 39.4 Å². The second-order valence-electron chi connectivity index (χ2n) is 11.0. The van der Waals surface area contributed by atoms with Gasteiger partial charge in [-0.2, -0.15) is 31.3 Å². The second-order valence-corrected chi connectivity index (χ2v) is 12.7. The van der Waals surface area contributed by atoms with E-state index in [-0.39, 0.29) is 10.8 Å². The van der Waals surface area contributed by atoms with Gasteiger partial charge >= 0.3 is 30.7 Å². The van der Waals surface area contributed by atoms with Crippen LogP contribution in [0.25, 0.3) is 11.3 Å². The first-order chi connectivity index (χ1) is 23.9. The number of fused-ring (bicyclic) bond motifs is 3. The number of aromatic nitrogens is 2. The number of hydrogen-bond acceptors (Lipinski definition) is 10. The molecule has 0 saturated carbocycles. The number of alkyl halides is 9. The molecule has 3 aromatic rings. The molecule has 0 unspecified atom stereocenters. The largest absolute Gasteiger partial charge is 0.573 e. The molecule has 2 aromatic carbocycles. The van der Waals surface area contributed by atoms with Gasteiger partial charge in [-0.15, -0.1) is 13.2 Å². The molecule has 1 aliphatic carbocycles. The molecule has 1 aromatic heterocycles. The van der Waals surface area contributed by atoms with Crippen LogP contribution < -0.4 is 20.1 Å². The zero-order chi connectivity index (χ0) is 39.2. The molecule has 0 amide bonds. The van der Waals surface area contributed by atoms with Crippen molar-refractivity contribution in [1.82, 2.24) is 14.9 Å². The fourth-order valence-electron chi connectivity index (χ4n) is 4.85. The van der Waals surface area contributed by atoms with Crippen LogP contribution in [-0.2, 0) is 32.5 Å². The number of nitrogens with one attached hydrogen (secondary N) is 1. The second kappa shape index (κ2) is 16.1. The zero-order valence-electron chi connectivity index (χ0n) is 26.6. The molecule has 286 valence electrons. The summed E-state index contributed by atoms with van der Waals surface area (Å²) in [5.74, 6) is -4.97. The fraction of sp³-hybridized carbons (Fsp3) is 0.379. The molecule has 1 aliphatic heterocycles. The lowest BCUT2D eigenvalue weighted by molar-refractivity contribution is -0.274. The Morgan fingerprint density at radius 2 is 1.42 bits per heavy atom. The van der Waals surface area contributed by atoms with Crippen molar-refractivity contribution in [1.29, 1.82) is 0 Å². The zero-order valence-corrected chi connectivity index (χ0v) is 27.4. The van der Waals surface area contributed by atoms with Gasteiger partial charge in [0.25, 0.3) is 10.0 Å². The third-order valence-electron chi connectivity index (χ3n) is 7.13. The van der Waals surface area contributed by atoms with Gasteiger partial charge < -0.3 is 30.5 Å². The number of aryl methyl sites for hydroxylation is 1. The normalized spacial score (nSPS) is 15.0. The van der Waals surface area contributed by atoms with Crippen molar-refractivity contribution in [2.24, 2.45) is 0 Å². The highest BCUT2D eigenvalue weighted by molar-refractivity contribution is 7.92. The summed E-state index contributed by atoms with van der Waals surface area (Å²) in [6, 6.07) is 9.20. The van der Waals surface area contributed by atoms with Gasteiger partial charge in [0.1, 0.15) is 11.6 Å². The molecular formula is C29H29F9N6O7S. The van der Waals surface area contributed by atoms with Crippen LogP contribution in [0.5, 0.6) is 5.75 Å². The third kappa shape index (κ3) is 11.7. The number of halogens is 9. The molecule has 0 bridgehead atoms. The van der Waals surface area contributed by atoms with Gasteiger partial charge in [0, 0.05) is 36.4 Å². The van der Waals surface area contributed by atoms with E-state index in [1.807, 2.05) is 0 Å². The van der Waals surface area contributed by atoms with E-state index < -0.39 is 46.4 Å². The number of nitrogen functional groups attached to an aromatic ring is 1. The SMILES string of the molecule is CN1CCCN(c2nc(N)nc3c2CCc2cc(NS(=O)(=O)c4ccc(OC(F)(F)F)cc4)ccc2-3)CC1.O=C(O)C(F)(F)F.O=C(O)C(F)(F)F. The highest BCUT2D eigenvalue weighted by atomic mass is 32.2. The monoisotopic (exact) mass is 776 g/mol. The molecule has 1 fully saturated rings. The molecule has 23 heteroatoms. The molecule has 52 heavy (non-hydrogen) atoms. The van der Waals surface area contributed by atoms with E-state index in [0.717, 1.165) is 85.1 Å². The number of ether oxygens (including phenoxy) is 1. The third-order valence-corrected chi connectivity index (χ3v) is 8.53. The smallest absolute Gasteiger partial charge is 0.475 e. The van der Waals surface area contributed by atoms with Gasteiger partial charge in [0.2, 0.25) is 5.95 Å². The number of carbonyl (C=O) groups is 2.